The lowest BCUT2D eigenvalue weighted by atomic mass is 9.95. The van der Waals surface area contributed by atoms with Crippen molar-refractivity contribution in [3.8, 4) is 11.3 Å². The topological polar surface area (TPSA) is 107 Å². The maximum Gasteiger partial charge on any atom is 0.259 e. The van der Waals surface area contributed by atoms with Crippen LogP contribution >= 0.6 is 0 Å². The first kappa shape index (κ1) is 19.2. The van der Waals surface area contributed by atoms with Gasteiger partial charge in [-0.3, -0.25) is 4.79 Å². The number of aryl methyl sites for hydroxylation is 1. The molecule has 8 heteroatoms. The minimum absolute atomic E-state index is 0.191. The predicted octanol–water partition coefficient (Wildman–Crippen LogP) is 4.66. The van der Waals surface area contributed by atoms with Crippen molar-refractivity contribution in [2.45, 2.75) is 56.9 Å². The monoisotopic (exact) mass is 429 g/mol. The molecule has 0 aliphatic heterocycles. The number of fused-ring (bicyclic) bond motifs is 1. The second-order valence-corrected chi connectivity index (χ2v) is 8.83. The van der Waals surface area contributed by atoms with Crippen molar-refractivity contribution in [2.24, 2.45) is 0 Å². The number of hydrogen-bond donors (Lipinski definition) is 1. The van der Waals surface area contributed by atoms with E-state index in [0.717, 1.165) is 49.8 Å². The Morgan fingerprint density at radius 1 is 1.06 bits per heavy atom. The number of pyridine rings is 1. The molecular formula is C24H23N5O3. The van der Waals surface area contributed by atoms with E-state index in [9.17, 15) is 4.79 Å². The van der Waals surface area contributed by atoms with E-state index in [2.05, 4.69) is 25.6 Å². The summed E-state index contributed by atoms with van der Waals surface area (Å²) in [5.41, 5.74) is 2.68. The van der Waals surface area contributed by atoms with Crippen LogP contribution in [-0.2, 0) is 5.54 Å². The molecule has 0 saturated heterocycles. The SMILES string of the molecule is Cc1nc(C2(NC(=O)c3cc(C4CC4)nc4onc(-c5ccccc5)c34)CCCC2)no1. The largest absolute Gasteiger partial charge is 0.340 e. The molecule has 4 aromatic rings. The van der Waals surface area contributed by atoms with Gasteiger partial charge in [-0.15, -0.1) is 0 Å². The molecule has 162 valence electrons. The van der Waals surface area contributed by atoms with E-state index in [4.69, 9.17) is 9.05 Å². The Labute approximate surface area is 184 Å². The number of aromatic nitrogens is 4. The van der Waals surface area contributed by atoms with Crippen molar-refractivity contribution >= 4 is 17.0 Å². The number of nitrogens with one attached hydrogen (secondary N) is 1. The Kier molecular flexibility index (Phi) is 4.34. The first-order chi connectivity index (χ1) is 15.6. The highest BCUT2D eigenvalue weighted by Crippen LogP contribution is 2.42. The van der Waals surface area contributed by atoms with Crippen LogP contribution in [0, 0.1) is 6.92 Å². The van der Waals surface area contributed by atoms with Gasteiger partial charge < -0.3 is 14.4 Å². The van der Waals surface area contributed by atoms with Gasteiger partial charge in [0, 0.05) is 24.1 Å². The average Bonchev–Trinajstić information content (AvgIpc) is 3.18. The highest BCUT2D eigenvalue weighted by molar-refractivity contribution is 6.09. The van der Waals surface area contributed by atoms with E-state index >= 15 is 0 Å². The molecular weight excluding hydrogens is 406 g/mol. The van der Waals surface area contributed by atoms with E-state index in [1.807, 2.05) is 36.4 Å². The summed E-state index contributed by atoms with van der Waals surface area (Å²) >= 11 is 0. The molecule has 1 amide bonds. The Morgan fingerprint density at radius 2 is 1.84 bits per heavy atom. The zero-order chi connectivity index (χ0) is 21.7. The molecule has 2 aliphatic rings. The smallest absolute Gasteiger partial charge is 0.259 e. The van der Waals surface area contributed by atoms with Crippen LogP contribution in [0.25, 0.3) is 22.4 Å². The lowest BCUT2D eigenvalue weighted by molar-refractivity contribution is 0.0893. The van der Waals surface area contributed by atoms with Gasteiger partial charge in [0.25, 0.3) is 11.6 Å². The summed E-state index contributed by atoms with van der Waals surface area (Å²) in [6, 6.07) is 11.6. The maximum atomic E-state index is 13.8. The molecule has 0 bridgehead atoms. The highest BCUT2D eigenvalue weighted by atomic mass is 16.5. The molecule has 2 saturated carbocycles. The van der Waals surface area contributed by atoms with E-state index in [1.165, 1.54) is 0 Å². The number of nitrogens with zero attached hydrogens (tertiary/aromatic N) is 4. The molecule has 1 aromatic carbocycles. The molecule has 0 spiro atoms. The number of carbonyl (C=O) groups is 1. The Bertz CT molecular complexity index is 1300. The van der Waals surface area contributed by atoms with Gasteiger partial charge in [0.1, 0.15) is 11.2 Å². The standard InChI is InChI=1S/C24H23N5O3/c1-14-25-23(29-31-14)24(11-5-6-12-24)27-21(30)17-13-18(15-9-10-15)26-22-19(17)20(28-32-22)16-7-3-2-4-8-16/h2-4,7-8,13,15H,5-6,9-12H2,1H3,(H,27,30). The Hall–Kier alpha value is -3.55. The van der Waals surface area contributed by atoms with Gasteiger partial charge in [-0.1, -0.05) is 53.5 Å². The van der Waals surface area contributed by atoms with Gasteiger partial charge in [0.05, 0.1) is 10.9 Å². The predicted molar refractivity (Wildman–Crippen MR) is 116 cm³/mol. The number of carbonyl (C=O) groups excluding carboxylic acids is 1. The zero-order valence-electron chi connectivity index (χ0n) is 17.8. The molecule has 2 fully saturated rings. The summed E-state index contributed by atoms with van der Waals surface area (Å²) in [5.74, 6) is 1.22. The molecule has 32 heavy (non-hydrogen) atoms. The molecule has 0 radical (unpaired) electrons. The Balaban J connectivity index is 1.47. The van der Waals surface area contributed by atoms with E-state index in [1.54, 1.807) is 6.92 Å². The molecule has 6 rings (SSSR count). The van der Waals surface area contributed by atoms with Gasteiger partial charge >= 0.3 is 0 Å². The number of benzene rings is 1. The quantitative estimate of drug-likeness (QED) is 0.492. The highest BCUT2D eigenvalue weighted by Gasteiger charge is 2.42. The summed E-state index contributed by atoms with van der Waals surface area (Å²) in [6.07, 6.45) is 5.69. The molecule has 0 unspecified atom stereocenters. The summed E-state index contributed by atoms with van der Waals surface area (Å²) in [4.78, 5) is 22.9. The van der Waals surface area contributed by atoms with Crippen molar-refractivity contribution in [1.29, 1.82) is 0 Å². The fourth-order valence-corrected chi connectivity index (χ4v) is 4.69. The average molecular weight is 429 g/mol. The fourth-order valence-electron chi connectivity index (χ4n) is 4.69. The minimum Gasteiger partial charge on any atom is -0.340 e. The van der Waals surface area contributed by atoms with E-state index in [0.29, 0.717) is 40.0 Å². The molecule has 8 nitrogen and oxygen atoms in total. The van der Waals surface area contributed by atoms with Crippen LogP contribution in [0.4, 0.5) is 0 Å². The third kappa shape index (κ3) is 3.18. The summed E-state index contributed by atoms with van der Waals surface area (Å²) in [5, 5.41) is 12.3. The third-order valence-electron chi connectivity index (χ3n) is 6.52. The molecule has 3 heterocycles. The number of hydrogen-bond acceptors (Lipinski definition) is 7. The van der Waals surface area contributed by atoms with Crippen LogP contribution < -0.4 is 5.32 Å². The molecule has 1 N–H and O–H groups in total. The summed E-state index contributed by atoms with van der Waals surface area (Å²) < 4.78 is 10.9. The molecule has 0 atom stereocenters. The third-order valence-corrected chi connectivity index (χ3v) is 6.52. The lowest BCUT2D eigenvalue weighted by Gasteiger charge is -2.27. The Morgan fingerprint density at radius 3 is 2.53 bits per heavy atom. The first-order valence-corrected chi connectivity index (χ1v) is 11.1. The number of rotatable bonds is 5. The van der Waals surface area contributed by atoms with Crippen LogP contribution in [0.3, 0.4) is 0 Å². The van der Waals surface area contributed by atoms with Crippen molar-refractivity contribution in [2.75, 3.05) is 0 Å². The maximum absolute atomic E-state index is 13.8. The van der Waals surface area contributed by atoms with Gasteiger partial charge in [-0.2, -0.15) is 4.98 Å². The van der Waals surface area contributed by atoms with Crippen LogP contribution in [0.2, 0.25) is 0 Å². The number of amides is 1. The molecule has 2 aliphatic carbocycles. The van der Waals surface area contributed by atoms with Crippen LogP contribution in [0.1, 0.15) is 72.2 Å². The van der Waals surface area contributed by atoms with E-state index < -0.39 is 5.54 Å². The first-order valence-electron chi connectivity index (χ1n) is 11.1. The van der Waals surface area contributed by atoms with Crippen molar-refractivity contribution < 1.29 is 13.8 Å². The van der Waals surface area contributed by atoms with Crippen molar-refractivity contribution in [1.82, 2.24) is 25.6 Å². The zero-order valence-corrected chi connectivity index (χ0v) is 17.8. The second-order valence-electron chi connectivity index (χ2n) is 8.83. The fraction of sp³-hybridized carbons (Fsp3) is 0.375. The van der Waals surface area contributed by atoms with Crippen molar-refractivity contribution in [3.05, 3.63) is 59.4 Å². The minimum atomic E-state index is -0.631. The van der Waals surface area contributed by atoms with Gasteiger partial charge in [0.2, 0.25) is 5.89 Å². The summed E-state index contributed by atoms with van der Waals surface area (Å²) in [7, 11) is 0. The van der Waals surface area contributed by atoms with Gasteiger partial charge in [0.15, 0.2) is 5.82 Å². The van der Waals surface area contributed by atoms with Crippen molar-refractivity contribution in [3.63, 3.8) is 0 Å². The summed E-state index contributed by atoms with van der Waals surface area (Å²) in [6.45, 7) is 1.76. The van der Waals surface area contributed by atoms with Crippen LogP contribution in [0.15, 0.2) is 45.4 Å². The molecule has 3 aromatic heterocycles. The van der Waals surface area contributed by atoms with Crippen LogP contribution in [-0.4, -0.2) is 26.2 Å². The van der Waals surface area contributed by atoms with Gasteiger partial charge in [-0.25, -0.2) is 4.98 Å². The van der Waals surface area contributed by atoms with Crippen LogP contribution in [0.5, 0.6) is 0 Å². The van der Waals surface area contributed by atoms with E-state index in [-0.39, 0.29) is 5.91 Å². The normalized spacial score (nSPS) is 17.7. The lowest BCUT2D eigenvalue weighted by Crippen LogP contribution is -2.44. The second kappa shape index (κ2) is 7.25. The van der Waals surface area contributed by atoms with Gasteiger partial charge in [-0.05, 0) is 31.7 Å².